The van der Waals surface area contributed by atoms with E-state index < -0.39 is 17.7 Å². The largest absolute Gasteiger partial charge is 0.423 e. The van der Waals surface area contributed by atoms with Crippen LogP contribution in [0.15, 0.2) is 0 Å². The van der Waals surface area contributed by atoms with Crippen molar-refractivity contribution in [2.75, 3.05) is 0 Å². The molecule has 0 fully saturated rings. The van der Waals surface area contributed by atoms with Crippen molar-refractivity contribution in [3.63, 3.8) is 0 Å². The van der Waals surface area contributed by atoms with Crippen LogP contribution in [-0.4, -0.2) is 9.78 Å². The molecule has 0 bridgehead atoms. The van der Waals surface area contributed by atoms with E-state index in [4.69, 9.17) is 0 Å². The third-order valence-corrected chi connectivity index (χ3v) is 1.09. The van der Waals surface area contributed by atoms with Crippen molar-refractivity contribution in [3.05, 3.63) is 17.7 Å². The maximum Gasteiger partial charge on any atom is 0.423 e. The number of aromatic nitrogens is 2. The predicted octanol–water partition coefficient (Wildman–Crippen LogP) is 1.38. The summed E-state index contributed by atoms with van der Waals surface area (Å²) in [5, 5.41) is 2.98. The van der Waals surface area contributed by atoms with Crippen molar-refractivity contribution in [3.8, 4) is 0 Å². The minimum absolute atomic E-state index is 0.475. The van der Waals surface area contributed by atoms with E-state index in [0.717, 1.165) is 7.05 Å². The van der Waals surface area contributed by atoms with Gasteiger partial charge in [-0.25, -0.2) is 4.68 Å². The zero-order chi connectivity index (χ0) is 8.65. The Morgan fingerprint density at radius 3 is 2.18 bits per heavy atom. The predicted molar refractivity (Wildman–Crippen MR) is 27.0 cm³/mol. The summed E-state index contributed by atoms with van der Waals surface area (Å²) in [6.07, 6.45) is -3.18. The Morgan fingerprint density at radius 2 is 2.00 bits per heavy atom. The lowest BCUT2D eigenvalue weighted by atomic mass is 10.3. The van der Waals surface area contributed by atoms with Gasteiger partial charge in [0.25, 0.3) is 0 Å². The number of halogens is 4. The Hall–Kier alpha value is -1.07. The van der Waals surface area contributed by atoms with Crippen LogP contribution < -0.4 is 0 Å². The van der Waals surface area contributed by atoms with Crippen molar-refractivity contribution in [2.45, 2.75) is 6.18 Å². The molecule has 0 aliphatic carbocycles. The first-order valence-corrected chi connectivity index (χ1v) is 2.60. The number of hydrogen-bond donors (Lipinski definition) is 0. The van der Waals surface area contributed by atoms with Crippen LogP contribution in [-0.2, 0) is 13.2 Å². The van der Waals surface area contributed by atoms with E-state index >= 15 is 0 Å². The van der Waals surface area contributed by atoms with E-state index in [2.05, 4.69) is 5.10 Å². The minimum atomic E-state index is -4.71. The highest BCUT2D eigenvalue weighted by molar-refractivity contribution is 5.08. The molecular weight excluding hydrogens is 164 g/mol. The first-order chi connectivity index (χ1) is 4.93. The monoisotopic (exact) mass is 167 g/mol. The molecule has 0 spiro atoms. The first-order valence-electron chi connectivity index (χ1n) is 2.60. The highest BCUT2D eigenvalue weighted by atomic mass is 19.4. The molecule has 6 heteroatoms. The van der Waals surface area contributed by atoms with Gasteiger partial charge in [-0.05, 0) is 0 Å². The van der Waals surface area contributed by atoms with E-state index in [1.807, 2.05) is 0 Å². The highest BCUT2D eigenvalue weighted by Crippen LogP contribution is 2.30. The van der Waals surface area contributed by atoms with Crippen LogP contribution in [0, 0.1) is 12.1 Å². The second-order valence-electron chi connectivity index (χ2n) is 1.90. The van der Waals surface area contributed by atoms with Gasteiger partial charge in [0.2, 0.25) is 5.95 Å². The molecule has 1 radical (unpaired) electrons. The molecule has 0 atom stereocenters. The Kier molecular flexibility index (Phi) is 1.62. The molecular formula is C5H3F4N2. The van der Waals surface area contributed by atoms with Crippen molar-refractivity contribution in [1.82, 2.24) is 9.78 Å². The molecule has 0 aliphatic heterocycles. The molecule has 0 amide bonds. The molecule has 0 saturated heterocycles. The fourth-order valence-corrected chi connectivity index (χ4v) is 0.557. The lowest BCUT2D eigenvalue weighted by Gasteiger charge is -2.00. The Labute approximate surface area is 59.4 Å². The molecule has 1 rings (SSSR count). The summed E-state index contributed by atoms with van der Waals surface area (Å²) in [6.45, 7) is 0. The second kappa shape index (κ2) is 2.21. The minimum Gasteiger partial charge on any atom is -0.242 e. The molecule has 0 unspecified atom stereocenters. The van der Waals surface area contributed by atoms with E-state index in [0.29, 0.717) is 4.68 Å². The van der Waals surface area contributed by atoms with Crippen molar-refractivity contribution < 1.29 is 17.6 Å². The number of hydrogen-bond acceptors (Lipinski definition) is 1. The van der Waals surface area contributed by atoms with Gasteiger partial charge in [-0.3, -0.25) is 0 Å². The molecule has 61 valence electrons. The van der Waals surface area contributed by atoms with Gasteiger partial charge in [0, 0.05) is 7.05 Å². The van der Waals surface area contributed by atoms with Gasteiger partial charge < -0.3 is 0 Å². The second-order valence-corrected chi connectivity index (χ2v) is 1.90. The van der Waals surface area contributed by atoms with Gasteiger partial charge in [0.05, 0.1) is 0 Å². The van der Waals surface area contributed by atoms with Gasteiger partial charge in [-0.2, -0.15) is 22.7 Å². The fraction of sp³-hybridized carbons (Fsp3) is 0.400. The zero-order valence-corrected chi connectivity index (χ0v) is 5.41. The Bertz CT molecular complexity index is 262. The fourth-order valence-electron chi connectivity index (χ4n) is 0.557. The SMILES string of the molecule is Cn1n[c]c(C(F)(F)F)c1F. The highest BCUT2D eigenvalue weighted by Gasteiger charge is 2.36. The summed E-state index contributed by atoms with van der Waals surface area (Å²) >= 11 is 0. The summed E-state index contributed by atoms with van der Waals surface area (Å²) in [7, 11) is 1.07. The van der Waals surface area contributed by atoms with Crippen LogP contribution in [0.4, 0.5) is 17.6 Å². The van der Waals surface area contributed by atoms with Gasteiger partial charge in [0.15, 0.2) is 0 Å². The molecule has 0 aliphatic rings. The smallest absolute Gasteiger partial charge is 0.242 e. The van der Waals surface area contributed by atoms with Crippen molar-refractivity contribution >= 4 is 0 Å². The molecule has 11 heavy (non-hydrogen) atoms. The molecule has 1 aromatic heterocycles. The average molecular weight is 167 g/mol. The molecule has 0 N–H and O–H groups in total. The average Bonchev–Trinajstić information content (AvgIpc) is 2.11. The molecule has 0 aromatic carbocycles. The maximum atomic E-state index is 12.4. The van der Waals surface area contributed by atoms with Crippen LogP contribution in [0.2, 0.25) is 0 Å². The van der Waals surface area contributed by atoms with Gasteiger partial charge in [0.1, 0.15) is 11.8 Å². The van der Waals surface area contributed by atoms with Gasteiger partial charge in [-0.15, -0.1) is 0 Å². The summed E-state index contributed by atoms with van der Waals surface area (Å²) in [5.74, 6) is -1.42. The van der Waals surface area contributed by atoms with Crippen molar-refractivity contribution in [1.29, 1.82) is 0 Å². The molecule has 1 heterocycles. The number of rotatable bonds is 0. The lowest BCUT2D eigenvalue weighted by Crippen LogP contribution is -2.07. The van der Waals surface area contributed by atoms with Crippen LogP contribution in [0.25, 0.3) is 0 Å². The third-order valence-electron chi connectivity index (χ3n) is 1.09. The van der Waals surface area contributed by atoms with Crippen molar-refractivity contribution in [2.24, 2.45) is 7.05 Å². The standard InChI is InChI=1S/C5H3F4N2/c1-11-4(6)3(2-10-11)5(7,8)9/h1H3. The summed E-state index contributed by atoms with van der Waals surface area (Å²) in [4.78, 5) is 0. The number of alkyl halides is 3. The quantitative estimate of drug-likeness (QED) is 0.533. The molecule has 2 nitrogen and oxygen atoms in total. The lowest BCUT2D eigenvalue weighted by molar-refractivity contribution is -0.140. The molecule has 0 saturated carbocycles. The number of nitrogens with zero attached hydrogens (tertiary/aromatic N) is 2. The summed E-state index contributed by atoms with van der Waals surface area (Å²) in [6, 6.07) is 0. The van der Waals surface area contributed by atoms with Crippen LogP contribution in [0.1, 0.15) is 5.56 Å². The summed E-state index contributed by atoms with van der Waals surface area (Å²) in [5.41, 5.74) is -1.46. The maximum absolute atomic E-state index is 12.4. The topological polar surface area (TPSA) is 17.8 Å². The Morgan fingerprint density at radius 1 is 1.45 bits per heavy atom. The first kappa shape index (κ1) is 8.03. The van der Waals surface area contributed by atoms with Gasteiger partial charge in [-0.1, -0.05) is 0 Å². The Balaban J connectivity index is 3.15. The summed E-state index contributed by atoms with van der Waals surface area (Å²) < 4.78 is 48.1. The van der Waals surface area contributed by atoms with Crippen LogP contribution in [0.3, 0.4) is 0 Å². The zero-order valence-electron chi connectivity index (χ0n) is 5.41. The van der Waals surface area contributed by atoms with E-state index in [1.54, 1.807) is 0 Å². The van der Waals surface area contributed by atoms with Crippen LogP contribution >= 0.6 is 0 Å². The van der Waals surface area contributed by atoms with E-state index in [-0.39, 0.29) is 0 Å². The number of aryl methyl sites for hydroxylation is 1. The van der Waals surface area contributed by atoms with E-state index in [9.17, 15) is 17.6 Å². The van der Waals surface area contributed by atoms with E-state index in [1.165, 1.54) is 6.20 Å². The third kappa shape index (κ3) is 1.33. The molecule has 1 aromatic rings. The van der Waals surface area contributed by atoms with Crippen LogP contribution in [0.5, 0.6) is 0 Å². The normalized spacial score (nSPS) is 12.1. The van der Waals surface area contributed by atoms with Gasteiger partial charge >= 0.3 is 6.18 Å².